The zero-order valence-electron chi connectivity index (χ0n) is 6.53. The molecule has 0 bridgehead atoms. The zero-order chi connectivity index (χ0) is 8.15. The topological polar surface area (TPSA) is 46.5 Å². The molecule has 0 radical (unpaired) electrons. The highest BCUT2D eigenvalue weighted by atomic mass is 32.2. The Hall–Kier alpha value is 0.0700. The van der Waals surface area contributed by atoms with Gasteiger partial charge in [0, 0.05) is 0 Å². The summed E-state index contributed by atoms with van der Waals surface area (Å²) >= 11 is -2.11. The van der Waals surface area contributed by atoms with E-state index in [-0.39, 0.29) is 6.10 Å². The van der Waals surface area contributed by atoms with Crippen LogP contribution in [-0.2, 0) is 15.5 Å². The Bertz CT molecular complexity index is 114. The van der Waals surface area contributed by atoms with Crippen molar-refractivity contribution in [3.63, 3.8) is 0 Å². The van der Waals surface area contributed by atoms with E-state index in [0.717, 1.165) is 6.42 Å². The summed E-state index contributed by atoms with van der Waals surface area (Å²) in [5, 5.41) is 0. The molecule has 0 aliphatic carbocycles. The lowest BCUT2D eigenvalue weighted by atomic mass is 10.1. The van der Waals surface area contributed by atoms with Gasteiger partial charge in [-0.2, -0.15) is 4.21 Å². The molecule has 0 rings (SSSR count). The van der Waals surface area contributed by atoms with Crippen LogP contribution >= 0.6 is 0 Å². The fraction of sp³-hybridized carbons (Fsp3) is 1.00. The molecule has 62 valence electrons. The molecule has 0 saturated carbocycles. The van der Waals surface area contributed by atoms with Crippen LogP contribution in [0.2, 0.25) is 0 Å². The van der Waals surface area contributed by atoms with Crippen LogP contribution in [0.25, 0.3) is 0 Å². The van der Waals surface area contributed by atoms with Gasteiger partial charge in [-0.15, -0.1) is 0 Å². The summed E-state index contributed by atoms with van der Waals surface area (Å²) < 4.78 is 23.0. The van der Waals surface area contributed by atoms with E-state index in [1.807, 2.05) is 13.8 Å². The summed E-state index contributed by atoms with van der Waals surface area (Å²) in [7, 11) is 0. The van der Waals surface area contributed by atoms with Gasteiger partial charge in [-0.1, -0.05) is 13.8 Å². The Kier molecular flexibility index (Phi) is 4.85. The Balaban J connectivity index is 3.43. The standard InChI is InChI=1S/C6H14O3S/c1-5(2)4-6(3)9-10(7)8/h5-6H,4H2,1-3H3,(H,7,8). The van der Waals surface area contributed by atoms with Crippen LogP contribution in [0.3, 0.4) is 0 Å². The van der Waals surface area contributed by atoms with Gasteiger partial charge in [0.1, 0.15) is 0 Å². The van der Waals surface area contributed by atoms with Crippen molar-refractivity contribution in [2.45, 2.75) is 33.3 Å². The van der Waals surface area contributed by atoms with Gasteiger partial charge < -0.3 is 0 Å². The lowest BCUT2D eigenvalue weighted by molar-refractivity contribution is 0.195. The van der Waals surface area contributed by atoms with Crippen molar-refractivity contribution in [1.29, 1.82) is 0 Å². The summed E-state index contributed by atoms with van der Waals surface area (Å²) in [5.74, 6) is 0.499. The van der Waals surface area contributed by atoms with E-state index in [4.69, 9.17) is 4.55 Å². The van der Waals surface area contributed by atoms with Crippen LogP contribution < -0.4 is 0 Å². The molecule has 3 nitrogen and oxygen atoms in total. The molecule has 0 aromatic heterocycles. The van der Waals surface area contributed by atoms with E-state index in [1.54, 1.807) is 6.92 Å². The quantitative estimate of drug-likeness (QED) is 0.645. The average Bonchev–Trinajstić information content (AvgIpc) is 1.58. The molecule has 0 spiro atoms. The molecule has 0 fully saturated rings. The van der Waals surface area contributed by atoms with Crippen LogP contribution in [0.15, 0.2) is 0 Å². The molecule has 0 aliphatic heterocycles. The van der Waals surface area contributed by atoms with E-state index in [2.05, 4.69) is 4.18 Å². The van der Waals surface area contributed by atoms with E-state index >= 15 is 0 Å². The molecule has 10 heavy (non-hydrogen) atoms. The fourth-order valence-electron chi connectivity index (χ4n) is 0.844. The lowest BCUT2D eigenvalue weighted by Gasteiger charge is -2.10. The molecular weight excluding hydrogens is 152 g/mol. The minimum atomic E-state index is -2.11. The molecule has 2 atom stereocenters. The molecule has 0 aliphatic rings. The molecule has 0 saturated heterocycles. The van der Waals surface area contributed by atoms with Gasteiger partial charge in [-0.05, 0) is 19.3 Å². The predicted octanol–water partition coefficient (Wildman–Crippen LogP) is 1.57. The Morgan fingerprint density at radius 1 is 1.50 bits per heavy atom. The van der Waals surface area contributed by atoms with Gasteiger partial charge in [-0.3, -0.25) is 8.74 Å². The smallest absolute Gasteiger partial charge is 0.284 e. The van der Waals surface area contributed by atoms with Gasteiger partial charge in [0.25, 0.3) is 0 Å². The van der Waals surface area contributed by atoms with E-state index in [1.165, 1.54) is 0 Å². The van der Waals surface area contributed by atoms with Crippen molar-refractivity contribution < 1.29 is 12.9 Å². The first-order chi connectivity index (χ1) is 4.52. The summed E-state index contributed by atoms with van der Waals surface area (Å²) in [6.45, 7) is 5.87. The summed E-state index contributed by atoms with van der Waals surface area (Å²) in [6, 6.07) is 0. The number of hydrogen-bond donors (Lipinski definition) is 1. The summed E-state index contributed by atoms with van der Waals surface area (Å²) in [5.41, 5.74) is 0. The highest BCUT2D eigenvalue weighted by Crippen LogP contribution is 2.07. The van der Waals surface area contributed by atoms with E-state index < -0.39 is 11.4 Å². The fourth-order valence-corrected chi connectivity index (χ4v) is 1.20. The minimum Gasteiger partial charge on any atom is -0.284 e. The predicted molar refractivity (Wildman–Crippen MR) is 40.8 cm³/mol. The minimum absolute atomic E-state index is 0.133. The lowest BCUT2D eigenvalue weighted by Crippen LogP contribution is -2.12. The molecule has 2 unspecified atom stereocenters. The molecule has 1 N–H and O–H groups in total. The Morgan fingerprint density at radius 2 is 2.00 bits per heavy atom. The normalized spacial score (nSPS) is 17.3. The first-order valence-corrected chi connectivity index (χ1v) is 4.33. The molecule has 0 heterocycles. The first-order valence-electron chi connectivity index (χ1n) is 3.30. The largest absolute Gasteiger partial charge is 0.302 e. The molecule has 4 heteroatoms. The maximum atomic E-state index is 10.1. The van der Waals surface area contributed by atoms with Crippen LogP contribution in [-0.4, -0.2) is 14.9 Å². The third kappa shape index (κ3) is 6.19. The van der Waals surface area contributed by atoms with Crippen molar-refractivity contribution in [3.05, 3.63) is 0 Å². The third-order valence-electron chi connectivity index (χ3n) is 1.05. The van der Waals surface area contributed by atoms with Crippen molar-refractivity contribution in [2.75, 3.05) is 0 Å². The molecule has 0 aromatic rings. The van der Waals surface area contributed by atoms with E-state index in [9.17, 15) is 4.21 Å². The Labute approximate surface area is 64.3 Å². The van der Waals surface area contributed by atoms with E-state index in [0.29, 0.717) is 5.92 Å². The van der Waals surface area contributed by atoms with Gasteiger partial charge in [-0.25, -0.2) is 0 Å². The van der Waals surface area contributed by atoms with Crippen molar-refractivity contribution in [2.24, 2.45) is 5.92 Å². The second-order valence-corrected chi connectivity index (χ2v) is 3.38. The summed E-state index contributed by atoms with van der Waals surface area (Å²) in [4.78, 5) is 0. The van der Waals surface area contributed by atoms with Gasteiger partial charge in [0.05, 0.1) is 6.10 Å². The average molecular weight is 166 g/mol. The van der Waals surface area contributed by atoms with Crippen LogP contribution in [0.5, 0.6) is 0 Å². The van der Waals surface area contributed by atoms with Crippen LogP contribution in [0.4, 0.5) is 0 Å². The maximum Gasteiger partial charge on any atom is 0.302 e. The van der Waals surface area contributed by atoms with Crippen molar-refractivity contribution in [3.8, 4) is 0 Å². The maximum absolute atomic E-state index is 10.1. The van der Waals surface area contributed by atoms with Gasteiger partial charge >= 0.3 is 11.4 Å². The monoisotopic (exact) mass is 166 g/mol. The SMILES string of the molecule is CC(C)CC(C)OS(=O)O. The number of hydrogen-bond acceptors (Lipinski definition) is 2. The first kappa shape index (κ1) is 10.1. The van der Waals surface area contributed by atoms with Gasteiger partial charge in [0.2, 0.25) is 0 Å². The third-order valence-corrected chi connectivity index (χ3v) is 1.54. The summed E-state index contributed by atoms with van der Waals surface area (Å²) in [6.07, 6.45) is 0.678. The Morgan fingerprint density at radius 3 is 2.30 bits per heavy atom. The zero-order valence-corrected chi connectivity index (χ0v) is 7.35. The number of rotatable bonds is 4. The second kappa shape index (κ2) is 4.82. The molecular formula is C6H14O3S. The highest BCUT2D eigenvalue weighted by Gasteiger charge is 2.07. The van der Waals surface area contributed by atoms with Gasteiger partial charge in [0.15, 0.2) is 0 Å². The molecule has 0 amide bonds. The highest BCUT2D eigenvalue weighted by molar-refractivity contribution is 7.74. The van der Waals surface area contributed by atoms with Crippen molar-refractivity contribution >= 4 is 11.4 Å². The van der Waals surface area contributed by atoms with Crippen molar-refractivity contribution in [1.82, 2.24) is 0 Å². The van der Waals surface area contributed by atoms with Crippen LogP contribution in [0, 0.1) is 5.92 Å². The second-order valence-electron chi connectivity index (χ2n) is 2.75. The molecule has 0 aromatic carbocycles. The van der Waals surface area contributed by atoms with Crippen LogP contribution in [0.1, 0.15) is 27.2 Å².